The van der Waals surface area contributed by atoms with Gasteiger partial charge in [0.1, 0.15) is 5.82 Å². The van der Waals surface area contributed by atoms with Crippen LogP contribution in [0.5, 0.6) is 11.5 Å². The SMILES string of the molecule is COc1ccc([C@H]2CC(=O)Nc3c2cnn3-c2nc3ccccc3s2)cc1O. The number of aromatic hydroxyl groups is 1. The molecule has 0 saturated heterocycles. The third-order valence-electron chi connectivity index (χ3n) is 4.89. The van der Waals surface area contributed by atoms with Gasteiger partial charge in [-0.05, 0) is 29.8 Å². The van der Waals surface area contributed by atoms with Crippen LogP contribution in [0.25, 0.3) is 15.3 Å². The normalized spacial score (nSPS) is 16.0. The molecule has 7 nitrogen and oxygen atoms in total. The lowest BCUT2D eigenvalue weighted by Crippen LogP contribution is -2.24. The zero-order chi connectivity index (χ0) is 19.3. The molecule has 0 saturated carbocycles. The van der Waals surface area contributed by atoms with E-state index in [4.69, 9.17) is 4.74 Å². The van der Waals surface area contributed by atoms with Crippen LogP contribution in [-0.4, -0.2) is 32.9 Å². The number of nitrogens with one attached hydrogen (secondary N) is 1. The molecule has 1 atom stereocenters. The second kappa shape index (κ2) is 6.35. The Morgan fingerprint density at radius 3 is 2.93 bits per heavy atom. The van der Waals surface area contributed by atoms with Crippen molar-refractivity contribution in [1.82, 2.24) is 14.8 Å². The second-order valence-corrected chi connectivity index (χ2v) is 7.57. The molecule has 1 amide bonds. The molecule has 5 rings (SSSR count). The highest BCUT2D eigenvalue weighted by atomic mass is 32.1. The van der Waals surface area contributed by atoms with E-state index < -0.39 is 0 Å². The fourth-order valence-corrected chi connectivity index (χ4v) is 4.47. The average molecular weight is 392 g/mol. The van der Waals surface area contributed by atoms with E-state index in [9.17, 15) is 9.90 Å². The highest BCUT2D eigenvalue weighted by molar-refractivity contribution is 7.20. The molecule has 2 N–H and O–H groups in total. The number of benzene rings is 2. The lowest BCUT2D eigenvalue weighted by Gasteiger charge is -2.23. The monoisotopic (exact) mass is 392 g/mol. The van der Waals surface area contributed by atoms with Gasteiger partial charge >= 0.3 is 0 Å². The molecule has 2 aromatic carbocycles. The number of hydrogen-bond acceptors (Lipinski definition) is 6. The Morgan fingerprint density at radius 1 is 1.29 bits per heavy atom. The van der Waals surface area contributed by atoms with Crippen molar-refractivity contribution in [3.05, 3.63) is 59.8 Å². The van der Waals surface area contributed by atoms with Crippen molar-refractivity contribution >= 4 is 33.3 Å². The van der Waals surface area contributed by atoms with Gasteiger partial charge in [-0.3, -0.25) is 4.79 Å². The minimum Gasteiger partial charge on any atom is -0.504 e. The predicted octanol–water partition coefficient (Wildman–Crippen LogP) is 3.67. The van der Waals surface area contributed by atoms with E-state index in [1.54, 1.807) is 23.0 Å². The number of carbonyl (C=O) groups excluding carboxylic acids is 1. The van der Waals surface area contributed by atoms with Crippen LogP contribution in [0.15, 0.2) is 48.7 Å². The van der Waals surface area contributed by atoms with Crippen molar-refractivity contribution in [3.63, 3.8) is 0 Å². The first-order valence-electron chi connectivity index (χ1n) is 8.74. The van der Waals surface area contributed by atoms with Crippen LogP contribution in [0.3, 0.4) is 0 Å². The number of methoxy groups -OCH3 is 1. The van der Waals surface area contributed by atoms with Crippen molar-refractivity contribution < 1.29 is 14.6 Å². The van der Waals surface area contributed by atoms with Gasteiger partial charge in [0, 0.05) is 17.9 Å². The largest absolute Gasteiger partial charge is 0.504 e. The highest BCUT2D eigenvalue weighted by Crippen LogP contribution is 2.41. The number of carbonyl (C=O) groups is 1. The van der Waals surface area contributed by atoms with Crippen molar-refractivity contribution in [2.75, 3.05) is 12.4 Å². The smallest absolute Gasteiger partial charge is 0.226 e. The number of hydrogen-bond donors (Lipinski definition) is 2. The highest BCUT2D eigenvalue weighted by Gasteiger charge is 2.31. The quantitative estimate of drug-likeness (QED) is 0.555. The molecule has 4 aromatic rings. The van der Waals surface area contributed by atoms with Crippen LogP contribution in [0.2, 0.25) is 0 Å². The van der Waals surface area contributed by atoms with Gasteiger partial charge in [-0.1, -0.05) is 29.5 Å². The van der Waals surface area contributed by atoms with Crippen molar-refractivity contribution in [2.45, 2.75) is 12.3 Å². The minimum atomic E-state index is -0.205. The third-order valence-corrected chi connectivity index (χ3v) is 5.90. The number of amides is 1. The Bertz CT molecular complexity index is 1180. The first-order chi connectivity index (χ1) is 13.6. The zero-order valence-electron chi connectivity index (χ0n) is 14.9. The number of rotatable bonds is 3. The molecule has 3 heterocycles. The van der Waals surface area contributed by atoms with Gasteiger partial charge in [0.15, 0.2) is 11.5 Å². The van der Waals surface area contributed by atoms with Gasteiger partial charge < -0.3 is 15.2 Å². The van der Waals surface area contributed by atoms with E-state index in [0.29, 0.717) is 16.7 Å². The number of thiazole rings is 1. The van der Waals surface area contributed by atoms with Crippen LogP contribution in [0.4, 0.5) is 5.82 Å². The minimum absolute atomic E-state index is 0.0473. The van der Waals surface area contributed by atoms with Gasteiger partial charge in [-0.15, -0.1) is 0 Å². The molecule has 140 valence electrons. The molecular weight excluding hydrogens is 376 g/mol. The van der Waals surface area contributed by atoms with Crippen LogP contribution in [-0.2, 0) is 4.79 Å². The van der Waals surface area contributed by atoms with E-state index in [2.05, 4.69) is 15.4 Å². The molecule has 0 aliphatic carbocycles. The molecule has 28 heavy (non-hydrogen) atoms. The Kier molecular flexibility index (Phi) is 3.80. The second-order valence-electron chi connectivity index (χ2n) is 6.56. The lowest BCUT2D eigenvalue weighted by atomic mass is 9.87. The summed E-state index contributed by atoms with van der Waals surface area (Å²) in [5, 5.41) is 18.3. The number of aromatic nitrogens is 3. The van der Waals surface area contributed by atoms with Gasteiger partial charge in [0.25, 0.3) is 0 Å². The molecule has 0 unspecified atom stereocenters. The van der Waals surface area contributed by atoms with Crippen molar-refractivity contribution in [1.29, 1.82) is 0 Å². The summed E-state index contributed by atoms with van der Waals surface area (Å²) in [6.45, 7) is 0. The maximum absolute atomic E-state index is 12.4. The number of phenolic OH excluding ortho intramolecular Hbond substituents is 1. The van der Waals surface area contributed by atoms with Crippen molar-refractivity contribution in [2.24, 2.45) is 0 Å². The maximum atomic E-state index is 12.4. The van der Waals surface area contributed by atoms with Gasteiger partial charge in [0.05, 0.1) is 23.5 Å². The summed E-state index contributed by atoms with van der Waals surface area (Å²) < 4.78 is 7.85. The Balaban J connectivity index is 1.60. The third kappa shape index (κ3) is 2.61. The lowest BCUT2D eigenvalue weighted by molar-refractivity contribution is -0.116. The number of phenols is 1. The van der Waals surface area contributed by atoms with E-state index in [1.807, 2.05) is 30.3 Å². The van der Waals surface area contributed by atoms with Crippen molar-refractivity contribution in [3.8, 4) is 16.6 Å². The molecule has 2 aromatic heterocycles. The zero-order valence-corrected chi connectivity index (χ0v) is 15.7. The molecule has 0 fully saturated rings. The first kappa shape index (κ1) is 16.8. The maximum Gasteiger partial charge on any atom is 0.226 e. The molecule has 0 spiro atoms. The summed E-state index contributed by atoms with van der Waals surface area (Å²) in [6, 6.07) is 13.1. The molecule has 1 aliphatic rings. The van der Waals surface area contributed by atoms with Crippen LogP contribution < -0.4 is 10.1 Å². The summed E-state index contributed by atoms with van der Waals surface area (Å²) in [5.41, 5.74) is 2.62. The summed E-state index contributed by atoms with van der Waals surface area (Å²) in [4.78, 5) is 17.0. The number of ether oxygens (including phenoxy) is 1. The van der Waals surface area contributed by atoms with E-state index in [0.717, 1.165) is 21.3 Å². The summed E-state index contributed by atoms with van der Waals surface area (Å²) in [6.07, 6.45) is 2.04. The number of anilines is 1. The molecule has 8 heteroatoms. The summed E-state index contributed by atoms with van der Waals surface area (Å²) in [7, 11) is 1.50. The predicted molar refractivity (Wildman–Crippen MR) is 106 cm³/mol. The molecule has 0 radical (unpaired) electrons. The van der Waals surface area contributed by atoms with E-state index in [1.165, 1.54) is 18.4 Å². The van der Waals surface area contributed by atoms with E-state index >= 15 is 0 Å². The van der Waals surface area contributed by atoms with Crippen LogP contribution in [0.1, 0.15) is 23.5 Å². The topological polar surface area (TPSA) is 89.3 Å². The van der Waals surface area contributed by atoms with Gasteiger partial charge in [-0.2, -0.15) is 9.78 Å². The van der Waals surface area contributed by atoms with Gasteiger partial charge in [0.2, 0.25) is 11.0 Å². The molecule has 0 bridgehead atoms. The standard InChI is InChI=1S/C20H16N4O3S/c1-27-16-7-6-11(8-15(16)25)12-9-18(26)23-19-13(12)10-21-24(19)20-22-14-4-2-3-5-17(14)28-20/h2-8,10,12,25H,9H2,1H3,(H,23,26)/t12-/m1/s1. The number of para-hydroxylation sites is 1. The number of nitrogens with zero attached hydrogens (tertiary/aromatic N) is 3. The number of fused-ring (bicyclic) bond motifs is 2. The fraction of sp³-hybridized carbons (Fsp3) is 0.150. The summed E-state index contributed by atoms with van der Waals surface area (Å²) in [5.74, 6) is 0.760. The Hall–Kier alpha value is -3.39. The first-order valence-corrected chi connectivity index (χ1v) is 9.56. The van der Waals surface area contributed by atoms with Gasteiger partial charge in [-0.25, -0.2) is 4.98 Å². The fourth-order valence-electron chi connectivity index (χ4n) is 3.54. The Labute approximate surface area is 164 Å². The summed E-state index contributed by atoms with van der Waals surface area (Å²) >= 11 is 1.51. The average Bonchev–Trinajstić information content (AvgIpc) is 3.30. The Morgan fingerprint density at radius 2 is 2.14 bits per heavy atom. The van der Waals surface area contributed by atoms with Crippen LogP contribution >= 0.6 is 11.3 Å². The van der Waals surface area contributed by atoms with Crippen LogP contribution in [0, 0.1) is 0 Å². The van der Waals surface area contributed by atoms with E-state index in [-0.39, 0.29) is 24.0 Å². The molecular formula is C20H16N4O3S. The molecule has 1 aliphatic heterocycles.